The van der Waals surface area contributed by atoms with Crippen molar-refractivity contribution >= 4 is 11.9 Å². The fourth-order valence-corrected chi connectivity index (χ4v) is 2.25. The maximum absolute atomic E-state index is 12.1. The van der Waals surface area contributed by atoms with Crippen molar-refractivity contribution in [3.63, 3.8) is 0 Å². The van der Waals surface area contributed by atoms with Crippen LogP contribution in [0.3, 0.4) is 0 Å². The number of carbonyl (C=O) groups is 2. The zero-order chi connectivity index (χ0) is 14.2. The molecule has 19 heavy (non-hydrogen) atoms. The topological polar surface area (TPSA) is 86.6 Å². The van der Waals surface area contributed by atoms with Crippen LogP contribution < -0.4 is 5.32 Å². The quantitative estimate of drug-likeness (QED) is 0.766. The number of aliphatic hydroxyl groups excluding tert-OH is 1. The van der Waals surface area contributed by atoms with Crippen molar-refractivity contribution in [2.75, 3.05) is 0 Å². The normalized spacial score (nSPS) is 24.4. The van der Waals surface area contributed by atoms with Gasteiger partial charge in [-0.1, -0.05) is 26.0 Å². The Labute approximate surface area is 111 Å². The summed E-state index contributed by atoms with van der Waals surface area (Å²) in [5.41, 5.74) is -0.252. The molecule has 1 aliphatic rings. The van der Waals surface area contributed by atoms with Crippen molar-refractivity contribution in [2.45, 2.75) is 32.4 Å². The lowest BCUT2D eigenvalue weighted by Gasteiger charge is -2.49. The van der Waals surface area contributed by atoms with Crippen molar-refractivity contribution in [1.82, 2.24) is 5.32 Å². The summed E-state index contributed by atoms with van der Waals surface area (Å²) in [5, 5.41) is 21.5. The molecule has 0 aliphatic heterocycles. The summed E-state index contributed by atoms with van der Waals surface area (Å²) in [6, 6.07) is 5.95. The Morgan fingerprint density at radius 1 is 1.26 bits per heavy atom. The van der Waals surface area contributed by atoms with Crippen molar-refractivity contribution in [1.29, 1.82) is 0 Å². The second-order valence-corrected chi connectivity index (χ2v) is 5.45. The molecule has 0 saturated heterocycles. The molecule has 0 bridgehead atoms. The number of carboxylic acids is 1. The van der Waals surface area contributed by atoms with E-state index in [9.17, 15) is 14.7 Å². The highest BCUT2D eigenvalue weighted by Gasteiger charge is 2.48. The maximum atomic E-state index is 12.1. The lowest BCUT2D eigenvalue weighted by molar-refractivity contribution is -0.0689. The highest BCUT2D eigenvalue weighted by Crippen LogP contribution is 2.40. The molecule has 0 radical (unpaired) electrons. The molecule has 5 nitrogen and oxygen atoms in total. The van der Waals surface area contributed by atoms with E-state index >= 15 is 0 Å². The monoisotopic (exact) mass is 263 g/mol. The van der Waals surface area contributed by atoms with Gasteiger partial charge in [-0.25, -0.2) is 4.79 Å². The van der Waals surface area contributed by atoms with Crippen molar-refractivity contribution in [3.05, 3.63) is 35.4 Å². The molecule has 1 amide bonds. The SMILES string of the molecule is CC1(C)C(O)CC1NC(=O)c1ccccc1C(=O)O. The van der Waals surface area contributed by atoms with Gasteiger partial charge >= 0.3 is 5.97 Å². The van der Waals surface area contributed by atoms with Crippen LogP contribution in [0, 0.1) is 5.41 Å². The van der Waals surface area contributed by atoms with Crippen molar-refractivity contribution in [3.8, 4) is 0 Å². The van der Waals surface area contributed by atoms with E-state index in [4.69, 9.17) is 5.11 Å². The number of hydrogen-bond donors (Lipinski definition) is 3. The molecule has 1 aliphatic carbocycles. The van der Waals surface area contributed by atoms with E-state index in [1.54, 1.807) is 12.1 Å². The molecule has 3 N–H and O–H groups in total. The second kappa shape index (κ2) is 4.66. The lowest BCUT2D eigenvalue weighted by atomic mass is 9.64. The lowest BCUT2D eigenvalue weighted by Crippen LogP contribution is -2.61. The number of carboxylic acid groups (broad SMARTS) is 1. The van der Waals surface area contributed by atoms with Gasteiger partial charge in [-0.3, -0.25) is 4.79 Å². The van der Waals surface area contributed by atoms with Gasteiger partial charge in [-0.2, -0.15) is 0 Å². The molecule has 1 aromatic rings. The van der Waals surface area contributed by atoms with E-state index < -0.39 is 18.0 Å². The molecule has 1 saturated carbocycles. The molecule has 0 heterocycles. The van der Waals surface area contributed by atoms with Crippen LogP contribution >= 0.6 is 0 Å². The highest BCUT2D eigenvalue weighted by atomic mass is 16.4. The molecule has 5 heteroatoms. The third-order valence-electron chi connectivity index (χ3n) is 3.92. The number of aliphatic hydroxyl groups is 1. The van der Waals surface area contributed by atoms with E-state index in [0.29, 0.717) is 6.42 Å². The van der Waals surface area contributed by atoms with Crippen LogP contribution in [-0.2, 0) is 0 Å². The molecule has 2 rings (SSSR count). The van der Waals surface area contributed by atoms with Crippen LogP contribution in [0.15, 0.2) is 24.3 Å². The summed E-state index contributed by atoms with van der Waals surface area (Å²) in [7, 11) is 0. The van der Waals surface area contributed by atoms with Crippen LogP contribution in [0.1, 0.15) is 41.0 Å². The summed E-state index contributed by atoms with van der Waals surface area (Å²) in [6.07, 6.45) is 0.0565. The average molecular weight is 263 g/mol. The summed E-state index contributed by atoms with van der Waals surface area (Å²) in [4.78, 5) is 23.2. The van der Waals surface area contributed by atoms with Gasteiger partial charge in [-0.15, -0.1) is 0 Å². The molecule has 0 aromatic heterocycles. The molecule has 1 aromatic carbocycles. The number of amides is 1. The first-order valence-electron chi connectivity index (χ1n) is 6.15. The van der Waals surface area contributed by atoms with Gasteiger partial charge in [0.05, 0.1) is 17.2 Å². The zero-order valence-corrected chi connectivity index (χ0v) is 10.9. The first kappa shape index (κ1) is 13.5. The van der Waals surface area contributed by atoms with Crippen LogP contribution in [0.5, 0.6) is 0 Å². The molecular formula is C14H17NO4. The van der Waals surface area contributed by atoms with E-state index in [-0.39, 0.29) is 22.6 Å². The molecule has 2 unspecified atom stereocenters. The van der Waals surface area contributed by atoms with E-state index in [0.717, 1.165) is 0 Å². The number of hydrogen-bond acceptors (Lipinski definition) is 3. The first-order valence-corrected chi connectivity index (χ1v) is 6.15. The van der Waals surface area contributed by atoms with Crippen LogP contribution in [0.25, 0.3) is 0 Å². The molecular weight excluding hydrogens is 246 g/mol. The molecule has 2 atom stereocenters. The Morgan fingerprint density at radius 2 is 1.84 bits per heavy atom. The minimum absolute atomic E-state index is 0.0160. The van der Waals surface area contributed by atoms with Gasteiger partial charge in [0.25, 0.3) is 5.91 Å². The third-order valence-corrected chi connectivity index (χ3v) is 3.92. The van der Waals surface area contributed by atoms with E-state index in [1.165, 1.54) is 12.1 Å². The average Bonchev–Trinajstić information content (AvgIpc) is 2.38. The van der Waals surface area contributed by atoms with Gasteiger partial charge in [0.1, 0.15) is 0 Å². The Bertz CT molecular complexity index is 524. The number of aromatic carboxylic acids is 1. The largest absolute Gasteiger partial charge is 0.478 e. The van der Waals surface area contributed by atoms with E-state index in [1.807, 2.05) is 13.8 Å². The number of carbonyl (C=O) groups excluding carboxylic acids is 1. The maximum Gasteiger partial charge on any atom is 0.336 e. The Hall–Kier alpha value is -1.88. The Morgan fingerprint density at radius 3 is 2.32 bits per heavy atom. The molecule has 102 valence electrons. The summed E-state index contributed by atoms with van der Waals surface area (Å²) in [6.45, 7) is 3.74. The van der Waals surface area contributed by atoms with Gasteiger partial charge in [0, 0.05) is 11.5 Å². The van der Waals surface area contributed by atoms with Crippen LogP contribution in [0.4, 0.5) is 0 Å². The van der Waals surface area contributed by atoms with Gasteiger partial charge in [-0.05, 0) is 18.6 Å². The van der Waals surface area contributed by atoms with Gasteiger partial charge in [0.2, 0.25) is 0 Å². The zero-order valence-electron chi connectivity index (χ0n) is 10.9. The minimum Gasteiger partial charge on any atom is -0.478 e. The third kappa shape index (κ3) is 2.33. The Balaban J connectivity index is 2.16. The fourth-order valence-electron chi connectivity index (χ4n) is 2.25. The standard InChI is InChI=1S/C14H17NO4/c1-14(2)10(7-11(14)16)15-12(17)8-5-3-4-6-9(8)13(18)19/h3-6,10-11,16H,7H2,1-2H3,(H,15,17)(H,18,19). The molecule has 0 spiro atoms. The molecule has 1 fully saturated rings. The Kier molecular flexibility index (Phi) is 3.32. The first-order chi connectivity index (χ1) is 8.84. The summed E-state index contributed by atoms with van der Waals surface area (Å²) >= 11 is 0. The van der Waals surface area contributed by atoms with Crippen molar-refractivity contribution < 1.29 is 19.8 Å². The summed E-state index contributed by atoms with van der Waals surface area (Å²) in [5.74, 6) is -1.54. The van der Waals surface area contributed by atoms with Gasteiger partial charge in [0.15, 0.2) is 0 Å². The van der Waals surface area contributed by atoms with Crippen LogP contribution in [0.2, 0.25) is 0 Å². The smallest absolute Gasteiger partial charge is 0.336 e. The fraction of sp³-hybridized carbons (Fsp3) is 0.429. The number of rotatable bonds is 3. The van der Waals surface area contributed by atoms with Crippen molar-refractivity contribution in [2.24, 2.45) is 5.41 Å². The van der Waals surface area contributed by atoms with E-state index in [2.05, 4.69) is 5.32 Å². The summed E-state index contributed by atoms with van der Waals surface area (Å²) < 4.78 is 0. The second-order valence-electron chi connectivity index (χ2n) is 5.45. The number of benzene rings is 1. The van der Waals surface area contributed by atoms with Gasteiger partial charge < -0.3 is 15.5 Å². The minimum atomic E-state index is -1.13. The van der Waals surface area contributed by atoms with Crippen LogP contribution in [-0.4, -0.2) is 34.2 Å². The highest BCUT2D eigenvalue weighted by molar-refractivity contribution is 6.04. The number of nitrogens with one attached hydrogen (secondary N) is 1. The predicted molar refractivity (Wildman–Crippen MR) is 69.1 cm³/mol. The predicted octanol–water partition coefficient (Wildman–Crippen LogP) is 1.27.